The Morgan fingerprint density at radius 3 is 2.81 bits per heavy atom. The molecule has 0 aliphatic carbocycles. The molecule has 1 aromatic rings. The van der Waals surface area contributed by atoms with E-state index in [1.165, 1.54) is 0 Å². The van der Waals surface area contributed by atoms with Gasteiger partial charge in [0.05, 0.1) is 20.1 Å². The highest BCUT2D eigenvalue weighted by Gasteiger charge is 2.24. The lowest BCUT2D eigenvalue weighted by molar-refractivity contribution is -0.129. The highest BCUT2D eigenvalue weighted by Crippen LogP contribution is 2.24. The molecule has 0 radical (unpaired) electrons. The first kappa shape index (κ1) is 15.2. The summed E-state index contributed by atoms with van der Waals surface area (Å²) in [6.07, 6.45) is 1.00. The molecule has 1 aliphatic heterocycles. The lowest BCUT2D eigenvalue weighted by Crippen LogP contribution is -2.42. The molecule has 2 N–H and O–H groups in total. The Labute approximate surface area is 123 Å². The number of amides is 2. The van der Waals surface area contributed by atoms with Gasteiger partial charge in [-0.15, -0.1) is 0 Å². The van der Waals surface area contributed by atoms with Gasteiger partial charge in [0.2, 0.25) is 11.8 Å². The number of piperidine rings is 1. The molecule has 6 heteroatoms. The van der Waals surface area contributed by atoms with Crippen LogP contribution in [0.3, 0.4) is 0 Å². The van der Waals surface area contributed by atoms with Crippen LogP contribution >= 0.6 is 0 Å². The second-order valence-electron chi connectivity index (χ2n) is 4.94. The van der Waals surface area contributed by atoms with Crippen LogP contribution in [-0.4, -0.2) is 32.6 Å². The van der Waals surface area contributed by atoms with Crippen LogP contribution in [0.25, 0.3) is 0 Å². The van der Waals surface area contributed by atoms with Gasteiger partial charge in [-0.05, 0) is 18.6 Å². The van der Waals surface area contributed by atoms with Crippen LogP contribution in [0, 0.1) is 5.92 Å². The minimum absolute atomic E-state index is 0.0101. The number of benzene rings is 1. The molecule has 2 amide bonds. The van der Waals surface area contributed by atoms with Crippen molar-refractivity contribution in [2.75, 3.05) is 20.8 Å². The summed E-state index contributed by atoms with van der Waals surface area (Å²) in [5.74, 6) is 1.18. The van der Waals surface area contributed by atoms with Crippen LogP contribution in [-0.2, 0) is 16.1 Å². The van der Waals surface area contributed by atoms with Crippen molar-refractivity contribution in [3.8, 4) is 11.5 Å². The monoisotopic (exact) mass is 292 g/mol. The van der Waals surface area contributed by atoms with Crippen molar-refractivity contribution in [3.05, 3.63) is 23.8 Å². The van der Waals surface area contributed by atoms with Crippen LogP contribution in [0.1, 0.15) is 18.4 Å². The third-order valence-corrected chi connectivity index (χ3v) is 3.58. The average Bonchev–Trinajstić information content (AvgIpc) is 2.53. The van der Waals surface area contributed by atoms with Gasteiger partial charge in [-0.2, -0.15) is 0 Å². The molecule has 1 saturated heterocycles. The Balaban J connectivity index is 1.93. The molecule has 0 saturated carbocycles. The van der Waals surface area contributed by atoms with E-state index in [1.807, 2.05) is 12.1 Å². The summed E-state index contributed by atoms with van der Waals surface area (Å²) in [5, 5.41) is 5.59. The first-order valence-corrected chi connectivity index (χ1v) is 6.89. The smallest absolute Gasteiger partial charge is 0.225 e. The number of carbonyl (C=O) groups excluding carboxylic acids is 2. The summed E-state index contributed by atoms with van der Waals surface area (Å²) in [6, 6.07) is 5.47. The summed E-state index contributed by atoms with van der Waals surface area (Å²) >= 11 is 0. The SMILES string of the molecule is COc1ccc(CNC(=O)C2CCC(=O)NC2)c(OC)c1. The highest BCUT2D eigenvalue weighted by atomic mass is 16.5. The summed E-state index contributed by atoms with van der Waals surface area (Å²) in [6.45, 7) is 0.793. The van der Waals surface area contributed by atoms with Gasteiger partial charge < -0.3 is 20.1 Å². The molecule has 6 nitrogen and oxygen atoms in total. The number of carbonyl (C=O) groups is 2. The summed E-state index contributed by atoms with van der Waals surface area (Å²) in [4.78, 5) is 23.2. The van der Waals surface area contributed by atoms with Crippen LogP contribution in [0.15, 0.2) is 18.2 Å². The van der Waals surface area contributed by atoms with E-state index in [1.54, 1.807) is 20.3 Å². The molecule has 1 unspecified atom stereocenters. The molecule has 1 aliphatic rings. The maximum atomic E-state index is 12.1. The van der Waals surface area contributed by atoms with Crippen LogP contribution in [0.5, 0.6) is 11.5 Å². The molecule has 114 valence electrons. The van der Waals surface area contributed by atoms with Crippen molar-refractivity contribution in [2.45, 2.75) is 19.4 Å². The number of hydrogen-bond acceptors (Lipinski definition) is 4. The van der Waals surface area contributed by atoms with Crippen LogP contribution in [0.2, 0.25) is 0 Å². The molecule has 0 aromatic heterocycles. The average molecular weight is 292 g/mol. The predicted molar refractivity (Wildman–Crippen MR) is 77.1 cm³/mol. The molecule has 1 aromatic carbocycles. The third kappa shape index (κ3) is 3.87. The zero-order valence-corrected chi connectivity index (χ0v) is 12.3. The lowest BCUT2D eigenvalue weighted by atomic mass is 9.98. The summed E-state index contributed by atoms with van der Waals surface area (Å²) in [5.41, 5.74) is 0.881. The van der Waals surface area contributed by atoms with Crippen molar-refractivity contribution < 1.29 is 19.1 Å². The van der Waals surface area contributed by atoms with Crippen molar-refractivity contribution in [2.24, 2.45) is 5.92 Å². The van der Waals surface area contributed by atoms with Crippen molar-refractivity contribution in [1.29, 1.82) is 0 Å². The lowest BCUT2D eigenvalue weighted by Gasteiger charge is -2.21. The third-order valence-electron chi connectivity index (χ3n) is 3.58. The molecule has 1 heterocycles. The fourth-order valence-corrected chi connectivity index (χ4v) is 2.28. The van der Waals surface area contributed by atoms with Crippen LogP contribution < -0.4 is 20.1 Å². The second kappa shape index (κ2) is 6.97. The first-order valence-electron chi connectivity index (χ1n) is 6.89. The predicted octanol–water partition coefficient (Wildman–Crippen LogP) is 0.846. The standard InChI is InChI=1S/C15H20N2O4/c1-20-12-5-3-10(13(7-12)21-2)8-17-15(19)11-4-6-14(18)16-9-11/h3,5,7,11H,4,6,8-9H2,1-2H3,(H,16,18)(H,17,19). The van der Waals surface area contributed by atoms with E-state index in [0.29, 0.717) is 37.4 Å². The Hall–Kier alpha value is -2.24. The minimum Gasteiger partial charge on any atom is -0.497 e. The Morgan fingerprint density at radius 2 is 2.19 bits per heavy atom. The number of rotatable bonds is 5. The van der Waals surface area contributed by atoms with Gasteiger partial charge in [0.15, 0.2) is 0 Å². The molecule has 1 atom stereocenters. The Kier molecular flexibility index (Phi) is 5.03. The Morgan fingerprint density at radius 1 is 1.38 bits per heavy atom. The van der Waals surface area contributed by atoms with E-state index in [4.69, 9.17) is 9.47 Å². The molecule has 21 heavy (non-hydrogen) atoms. The van der Waals surface area contributed by atoms with E-state index in [0.717, 1.165) is 5.56 Å². The van der Waals surface area contributed by atoms with Crippen LogP contribution in [0.4, 0.5) is 0 Å². The maximum absolute atomic E-state index is 12.1. The highest BCUT2D eigenvalue weighted by molar-refractivity contribution is 5.83. The quantitative estimate of drug-likeness (QED) is 0.843. The van der Waals surface area contributed by atoms with E-state index in [-0.39, 0.29) is 17.7 Å². The molecule has 0 spiro atoms. The zero-order chi connectivity index (χ0) is 15.2. The number of hydrogen-bond donors (Lipinski definition) is 2. The van der Waals surface area contributed by atoms with Gasteiger partial charge in [0.1, 0.15) is 11.5 Å². The maximum Gasteiger partial charge on any atom is 0.225 e. The normalized spacial score (nSPS) is 17.8. The minimum atomic E-state index is -0.160. The molecular weight excluding hydrogens is 272 g/mol. The number of ether oxygens (including phenoxy) is 2. The summed E-state index contributed by atoms with van der Waals surface area (Å²) < 4.78 is 10.4. The van der Waals surface area contributed by atoms with Crippen molar-refractivity contribution in [1.82, 2.24) is 10.6 Å². The number of methoxy groups -OCH3 is 2. The van der Waals surface area contributed by atoms with Crippen molar-refractivity contribution in [3.63, 3.8) is 0 Å². The van der Waals surface area contributed by atoms with E-state index in [2.05, 4.69) is 10.6 Å². The second-order valence-corrected chi connectivity index (χ2v) is 4.94. The fourth-order valence-electron chi connectivity index (χ4n) is 2.28. The van der Waals surface area contributed by atoms with E-state index in [9.17, 15) is 9.59 Å². The Bertz CT molecular complexity index is 520. The van der Waals surface area contributed by atoms with E-state index < -0.39 is 0 Å². The van der Waals surface area contributed by atoms with Crippen molar-refractivity contribution >= 4 is 11.8 Å². The molecule has 2 rings (SSSR count). The van der Waals surface area contributed by atoms with Gasteiger partial charge in [0.25, 0.3) is 0 Å². The number of nitrogens with one attached hydrogen (secondary N) is 2. The van der Waals surface area contributed by atoms with Gasteiger partial charge in [-0.1, -0.05) is 0 Å². The fraction of sp³-hybridized carbons (Fsp3) is 0.467. The zero-order valence-electron chi connectivity index (χ0n) is 12.3. The van der Waals surface area contributed by atoms with Gasteiger partial charge >= 0.3 is 0 Å². The van der Waals surface area contributed by atoms with Gasteiger partial charge in [0, 0.05) is 31.1 Å². The molecular formula is C15H20N2O4. The van der Waals surface area contributed by atoms with Gasteiger partial charge in [-0.25, -0.2) is 0 Å². The largest absolute Gasteiger partial charge is 0.497 e. The molecule has 0 bridgehead atoms. The molecule has 1 fully saturated rings. The first-order chi connectivity index (χ1) is 10.1. The van der Waals surface area contributed by atoms with Gasteiger partial charge in [-0.3, -0.25) is 9.59 Å². The summed E-state index contributed by atoms with van der Waals surface area (Å²) in [7, 11) is 3.17. The topological polar surface area (TPSA) is 76.7 Å². The van der Waals surface area contributed by atoms with E-state index >= 15 is 0 Å².